The maximum Gasteiger partial charge on any atom is 0.282 e. The summed E-state index contributed by atoms with van der Waals surface area (Å²) in [7, 11) is 0. The molecule has 4 rings (SSSR count). The van der Waals surface area contributed by atoms with Gasteiger partial charge in [-0.05, 0) is 55.7 Å². The second-order valence-electron chi connectivity index (χ2n) is 7.27. The van der Waals surface area contributed by atoms with E-state index in [-0.39, 0.29) is 11.8 Å². The predicted octanol–water partition coefficient (Wildman–Crippen LogP) is 5.01. The average Bonchev–Trinajstić information content (AvgIpc) is 2.96. The van der Waals surface area contributed by atoms with Crippen molar-refractivity contribution in [2.24, 2.45) is 0 Å². The van der Waals surface area contributed by atoms with E-state index in [1.165, 1.54) is 4.90 Å². The number of amides is 2. The highest BCUT2D eigenvalue weighted by atomic mass is 16.2. The third-order valence-electron chi connectivity index (χ3n) is 5.28. The molecule has 4 nitrogen and oxygen atoms in total. The first-order chi connectivity index (χ1) is 14.0. The van der Waals surface area contributed by atoms with Gasteiger partial charge in [0.05, 0.1) is 11.3 Å². The molecule has 0 aliphatic carbocycles. The standard InChI is InChI=1S/C25H22N2O2/c1-16-12-14-19(15-13-16)22-23(26-20-9-5-4-6-10-20)25(29)27(24(22)28)21-11-7-8-17(2)18(21)3/h4-15,26H,1-3H3. The quantitative estimate of drug-likeness (QED) is 0.646. The van der Waals surface area contributed by atoms with Crippen LogP contribution in [0.15, 0.2) is 78.5 Å². The molecular weight excluding hydrogens is 360 g/mol. The predicted molar refractivity (Wildman–Crippen MR) is 117 cm³/mol. The van der Waals surface area contributed by atoms with Gasteiger partial charge in [-0.25, -0.2) is 4.90 Å². The molecule has 29 heavy (non-hydrogen) atoms. The van der Waals surface area contributed by atoms with Crippen LogP contribution in [0.3, 0.4) is 0 Å². The summed E-state index contributed by atoms with van der Waals surface area (Å²) in [6.07, 6.45) is 0. The number of nitrogens with one attached hydrogen (secondary N) is 1. The van der Waals surface area contributed by atoms with Crippen LogP contribution in [-0.2, 0) is 9.59 Å². The van der Waals surface area contributed by atoms with E-state index in [9.17, 15) is 9.59 Å². The Morgan fingerprint density at radius 1 is 0.724 bits per heavy atom. The van der Waals surface area contributed by atoms with Crippen molar-refractivity contribution in [1.29, 1.82) is 0 Å². The Balaban J connectivity index is 1.85. The summed E-state index contributed by atoms with van der Waals surface area (Å²) in [4.78, 5) is 28.2. The molecule has 0 bridgehead atoms. The minimum atomic E-state index is -0.344. The van der Waals surface area contributed by atoms with E-state index in [0.717, 1.165) is 27.9 Å². The maximum absolute atomic E-state index is 13.5. The molecule has 0 saturated carbocycles. The van der Waals surface area contributed by atoms with Crippen LogP contribution in [0, 0.1) is 20.8 Å². The normalized spacial score (nSPS) is 14.0. The van der Waals surface area contributed by atoms with Gasteiger partial charge in [-0.3, -0.25) is 9.59 Å². The summed E-state index contributed by atoms with van der Waals surface area (Å²) in [5.41, 5.74) is 5.83. The molecule has 1 aliphatic rings. The van der Waals surface area contributed by atoms with Gasteiger partial charge in [0, 0.05) is 5.69 Å². The van der Waals surface area contributed by atoms with Gasteiger partial charge >= 0.3 is 0 Å². The van der Waals surface area contributed by atoms with Crippen LogP contribution in [0.1, 0.15) is 22.3 Å². The highest BCUT2D eigenvalue weighted by Crippen LogP contribution is 2.35. The lowest BCUT2D eigenvalue weighted by atomic mass is 10.0. The van der Waals surface area contributed by atoms with E-state index in [1.807, 2.05) is 93.6 Å². The fourth-order valence-corrected chi connectivity index (χ4v) is 3.50. The van der Waals surface area contributed by atoms with Gasteiger partial charge in [0.15, 0.2) is 0 Å². The molecule has 2 amide bonds. The van der Waals surface area contributed by atoms with Crippen molar-refractivity contribution in [3.8, 4) is 0 Å². The molecule has 0 spiro atoms. The third-order valence-corrected chi connectivity index (χ3v) is 5.28. The molecule has 0 unspecified atom stereocenters. The molecule has 3 aromatic carbocycles. The third kappa shape index (κ3) is 3.34. The molecule has 0 radical (unpaired) electrons. The Morgan fingerprint density at radius 3 is 2.10 bits per heavy atom. The summed E-state index contributed by atoms with van der Waals surface area (Å²) in [5, 5.41) is 3.19. The number of carbonyl (C=O) groups excluding carboxylic acids is 2. The second-order valence-corrected chi connectivity index (χ2v) is 7.27. The van der Waals surface area contributed by atoms with Crippen LogP contribution < -0.4 is 10.2 Å². The summed E-state index contributed by atoms with van der Waals surface area (Å²) >= 11 is 0. The number of hydrogen-bond acceptors (Lipinski definition) is 3. The van der Waals surface area contributed by atoms with Crippen LogP contribution in [-0.4, -0.2) is 11.8 Å². The lowest BCUT2D eigenvalue weighted by Crippen LogP contribution is -2.33. The zero-order valence-corrected chi connectivity index (χ0v) is 16.7. The van der Waals surface area contributed by atoms with Crippen molar-refractivity contribution in [2.75, 3.05) is 10.2 Å². The van der Waals surface area contributed by atoms with Gasteiger partial charge < -0.3 is 5.32 Å². The lowest BCUT2D eigenvalue weighted by Gasteiger charge is -2.19. The fraction of sp³-hybridized carbons (Fsp3) is 0.120. The number of rotatable bonds is 4. The van der Waals surface area contributed by atoms with Gasteiger partial charge in [-0.1, -0.05) is 60.2 Å². The topological polar surface area (TPSA) is 49.4 Å². The summed E-state index contributed by atoms with van der Waals surface area (Å²) in [6, 6.07) is 22.7. The maximum atomic E-state index is 13.5. The molecule has 0 aromatic heterocycles. The number of carbonyl (C=O) groups is 2. The van der Waals surface area contributed by atoms with E-state index in [2.05, 4.69) is 5.32 Å². The molecule has 0 atom stereocenters. The van der Waals surface area contributed by atoms with E-state index < -0.39 is 0 Å². The number of nitrogens with zero attached hydrogens (tertiary/aromatic N) is 1. The van der Waals surface area contributed by atoms with Crippen molar-refractivity contribution in [2.45, 2.75) is 20.8 Å². The van der Waals surface area contributed by atoms with Gasteiger partial charge in [0.2, 0.25) is 0 Å². The van der Waals surface area contributed by atoms with Crippen LogP contribution >= 0.6 is 0 Å². The molecular formula is C25H22N2O2. The molecule has 144 valence electrons. The zero-order chi connectivity index (χ0) is 20.5. The molecule has 1 aliphatic heterocycles. The molecule has 3 aromatic rings. The Kier molecular flexibility index (Phi) is 4.77. The fourth-order valence-electron chi connectivity index (χ4n) is 3.50. The number of imide groups is 1. The van der Waals surface area contributed by atoms with Crippen LogP contribution in [0.5, 0.6) is 0 Å². The first-order valence-electron chi connectivity index (χ1n) is 9.56. The molecule has 0 fully saturated rings. The van der Waals surface area contributed by atoms with E-state index in [0.29, 0.717) is 17.0 Å². The van der Waals surface area contributed by atoms with Crippen LogP contribution in [0.2, 0.25) is 0 Å². The van der Waals surface area contributed by atoms with Gasteiger partial charge in [0.25, 0.3) is 11.8 Å². The minimum absolute atomic E-state index is 0.297. The number of para-hydroxylation sites is 1. The molecule has 4 heteroatoms. The Bertz CT molecular complexity index is 1130. The summed E-state index contributed by atoms with van der Waals surface area (Å²) < 4.78 is 0. The van der Waals surface area contributed by atoms with Gasteiger partial charge in [-0.2, -0.15) is 0 Å². The zero-order valence-electron chi connectivity index (χ0n) is 16.7. The highest BCUT2D eigenvalue weighted by Gasteiger charge is 2.40. The number of benzene rings is 3. The number of aryl methyl sites for hydroxylation is 2. The summed E-state index contributed by atoms with van der Waals surface area (Å²) in [5.74, 6) is -0.658. The smallest absolute Gasteiger partial charge is 0.282 e. The second kappa shape index (κ2) is 7.40. The van der Waals surface area contributed by atoms with E-state index >= 15 is 0 Å². The number of hydrogen-bond donors (Lipinski definition) is 1. The van der Waals surface area contributed by atoms with Crippen molar-refractivity contribution in [3.05, 3.63) is 101 Å². The highest BCUT2D eigenvalue weighted by molar-refractivity contribution is 6.46. The SMILES string of the molecule is Cc1ccc(C2=C(Nc3ccccc3)C(=O)N(c3cccc(C)c3C)C2=O)cc1. The Labute approximate surface area is 170 Å². The molecule has 1 N–H and O–H groups in total. The van der Waals surface area contributed by atoms with E-state index in [4.69, 9.17) is 0 Å². The van der Waals surface area contributed by atoms with Crippen molar-refractivity contribution < 1.29 is 9.59 Å². The van der Waals surface area contributed by atoms with Crippen molar-refractivity contribution in [3.63, 3.8) is 0 Å². The largest absolute Gasteiger partial charge is 0.350 e. The van der Waals surface area contributed by atoms with E-state index in [1.54, 1.807) is 0 Å². The van der Waals surface area contributed by atoms with Gasteiger partial charge in [-0.15, -0.1) is 0 Å². The summed E-state index contributed by atoms with van der Waals surface area (Å²) in [6.45, 7) is 5.89. The average molecular weight is 382 g/mol. The van der Waals surface area contributed by atoms with Crippen LogP contribution in [0.4, 0.5) is 11.4 Å². The number of anilines is 2. The Morgan fingerprint density at radius 2 is 1.41 bits per heavy atom. The van der Waals surface area contributed by atoms with Crippen LogP contribution in [0.25, 0.3) is 5.57 Å². The first kappa shape index (κ1) is 18.7. The van der Waals surface area contributed by atoms with Crippen molar-refractivity contribution >= 4 is 28.8 Å². The monoisotopic (exact) mass is 382 g/mol. The minimum Gasteiger partial charge on any atom is -0.350 e. The van der Waals surface area contributed by atoms with Crippen molar-refractivity contribution in [1.82, 2.24) is 0 Å². The molecule has 1 heterocycles. The van der Waals surface area contributed by atoms with Gasteiger partial charge in [0.1, 0.15) is 5.70 Å². The molecule has 0 saturated heterocycles. The Hall–Kier alpha value is -3.66. The lowest BCUT2D eigenvalue weighted by molar-refractivity contribution is -0.120. The first-order valence-corrected chi connectivity index (χ1v) is 9.56.